The van der Waals surface area contributed by atoms with Crippen LogP contribution < -0.4 is 10.1 Å². The summed E-state index contributed by atoms with van der Waals surface area (Å²) in [7, 11) is 1.61. The highest BCUT2D eigenvalue weighted by molar-refractivity contribution is 7.16. The second kappa shape index (κ2) is 8.31. The molecule has 1 aliphatic rings. The highest BCUT2D eigenvalue weighted by Gasteiger charge is 2.31. The molecule has 3 rings (SSSR count). The monoisotopic (exact) mass is 374 g/mol. The molecule has 0 saturated heterocycles. The maximum absolute atomic E-state index is 12.6. The van der Waals surface area contributed by atoms with Crippen LogP contribution in [0.15, 0.2) is 30.5 Å². The van der Waals surface area contributed by atoms with Crippen molar-refractivity contribution in [3.63, 3.8) is 0 Å². The van der Waals surface area contributed by atoms with Gasteiger partial charge in [0.2, 0.25) is 0 Å². The number of rotatable bonds is 5. The van der Waals surface area contributed by atoms with Crippen molar-refractivity contribution in [2.75, 3.05) is 7.11 Å². The minimum atomic E-state index is -0.833. The summed E-state index contributed by atoms with van der Waals surface area (Å²) in [6.45, 7) is 0. The van der Waals surface area contributed by atoms with Crippen LogP contribution in [0.4, 0.5) is 0 Å². The predicted octanol–water partition coefficient (Wildman–Crippen LogP) is 3.58. The second-order valence-electron chi connectivity index (χ2n) is 6.42. The number of carbonyl (C=O) groups excluding carboxylic acids is 1. The van der Waals surface area contributed by atoms with Crippen LogP contribution in [0.3, 0.4) is 0 Å². The summed E-state index contributed by atoms with van der Waals surface area (Å²) < 4.78 is 5.14. The largest absolute Gasteiger partial charge is 0.497 e. The van der Waals surface area contributed by atoms with Gasteiger partial charge in [-0.05, 0) is 37.1 Å². The quantitative estimate of drug-likeness (QED) is 0.781. The number of thiazole rings is 1. The molecule has 1 aliphatic carbocycles. The number of benzene rings is 1. The number of ether oxygens (including phenoxy) is 1. The van der Waals surface area contributed by atoms with Gasteiger partial charge in [-0.25, -0.2) is 4.98 Å². The summed E-state index contributed by atoms with van der Waals surface area (Å²) in [6.07, 6.45) is 5.71. The topological polar surface area (TPSA) is 88.5 Å². The lowest BCUT2D eigenvalue weighted by Gasteiger charge is -2.22. The molecular formula is C19H22N2O4S. The van der Waals surface area contributed by atoms with E-state index < -0.39 is 11.9 Å². The molecule has 6 nitrogen and oxygen atoms in total. The Morgan fingerprint density at radius 1 is 1.19 bits per heavy atom. The van der Waals surface area contributed by atoms with Crippen LogP contribution in [0.2, 0.25) is 0 Å². The van der Waals surface area contributed by atoms with Crippen molar-refractivity contribution in [3.05, 3.63) is 35.3 Å². The molecule has 1 aromatic heterocycles. The minimum absolute atomic E-state index is 0.250. The van der Waals surface area contributed by atoms with Gasteiger partial charge in [-0.1, -0.05) is 19.3 Å². The number of nitrogens with zero attached hydrogens (tertiary/aromatic N) is 1. The van der Waals surface area contributed by atoms with Gasteiger partial charge in [-0.3, -0.25) is 9.59 Å². The van der Waals surface area contributed by atoms with Gasteiger partial charge in [-0.15, -0.1) is 11.3 Å². The number of carboxylic acids is 1. The molecule has 2 N–H and O–H groups in total. The Balaban J connectivity index is 1.71. The van der Waals surface area contributed by atoms with Crippen molar-refractivity contribution in [2.45, 2.75) is 38.1 Å². The Kier molecular flexibility index (Phi) is 5.88. The molecule has 1 heterocycles. The van der Waals surface area contributed by atoms with E-state index in [4.69, 9.17) is 4.74 Å². The smallest absolute Gasteiger partial charge is 0.308 e. The maximum atomic E-state index is 12.6. The molecule has 0 unspecified atom stereocenters. The van der Waals surface area contributed by atoms with Gasteiger partial charge < -0.3 is 15.2 Å². The first kappa shape index (κ1) is 18.4. The summed E-state index contributed by atoms with van der Waals surface area (Å²) in [5, 5.41) is 13.1. The second-order valence-corrected chi connectivity index (χ2v) is 7.45. The van der Waals surface area contributed by atoms with Crippen molar-refractivity contribution in [2.24, 2.45) is 5.92 Å². The molecule has 26 heavy (non-hydrogen) atoms. The van der Waals surface area contributed by atoms with Gasteiger partial charge in [0.25, 0.3) is 5.91 Å². The van der Waals surface area contributed by atoms with Crippen LogP contribution in [-0.2, 0) is 4.79 Å². The van der Waals surface area contributed by atoms with Crippen LogP contribution in [-0.4, -0.2) is 35.1 Å². The summed E-state index contributed by atoms with van der Waals surface area (Å²) in [5.74, 6) is -0.840. The Bertz CT molecular complexity index is 772. The van der Waals surface area contributed by atoms with Crippen molar-refractivity contribution in [1.82, 2.24) is 10.3 Å². The summed E-state index contributed by atoms with van der Waals surface area (Å²) >= 11 is 1.30. The van der Waals surface area contributed by atoms with E-state index in [1.54, 1.807) is 13.3 Å². The molecule has 7 heteroatoms. The maximum Gasteiger partial charge on any atom is 0.308 e. The highest BCUT2D eigenvalue weighted by Crippen LogP contribution is 2.28. The molecule has 1 aromatic carbocycles. The number of aromatic nitrogens is 1. The molecule has 2 atom stereocenters. The molecule has 0 aliphatic heterocycles. The Morgan fingerprint density at radius 3 is 2.62 bits per heavy atom. The number of carboxylic acid groups (broad SMARTS) is 1. The van der Waals surface area contributed by atoms with Gasteiger partial charge in [0.05, 0.1) is 19.2 Å². The fourth-order valence-electron chi connectivity index (χ4n) is 3.26. The van der Waals surface area contributed by atoms with Gasteiger partial charge >= 0.3 is 5.97 Å². The van der Waals surface area contributed by atoms with E-state index in [-0.39, 0.29) is 11.9 Å². The van der Waals surface area contributed by atoms with E-state index in [1.165, 1.54) is 11.3 Å². The average molecular weight is 374 g/mol. The lowest BCUT2D eigenvalue weighted by molar-refractivity contribution is -0.142. The first-order chi connectivity index (χ1) is 12.6. The third kappa shape index (κ3) is 4.22. The van der Waals surface area contributed by atoms with Gasteiger partial charge in [0.15, 0.2) is 0 Å². The summed E-state index contributed by atoms with van der Waals surface area (Å²) in [4.78, 5) is 28.9. The van der Waals surface area contributed by atoms with Crippen LogP contribution >= 0.6 is 11.3 Å². The van der Waals surface area contributed by atoms with Crippen LogP contribution in [0.25, 0.3) is 10.6 Å². The van der Waals surface area contributed by atoms with E-state index in [0.29, 0.717) is 17.7 Å². The number of amides is 1. The van der Waals surface area contributed by atoms with E-state index >= 15 is 0 Å². The number of carbonyl (C=O) groups is 2. The van der Waals surface area contributed by atoms with Crippen LogP contribution in [0.1, 0.15) is 41.8 Å². The number of methoxy groups -OCH3 is 1. The fraction of sp³-hybridized carbons (Fsp3) is 0.421. The third-order valence-corrected chi connectivity index (χ3v) is 5.76. The predicted molar refractivity (Wildman–Crippen MR) is 99.6 cm³/mol. The SMILES string of the molecule is COc1ccc(-c2ncc(C(=O)N[C@H]3CCCCC[C@H]3C(=O)O)s2)cc1. The molecule has 1 fully saturated rings. The molecule has 1 saturated carbocycles. The summed E-state index contributed by atoms with van der Waals surface area (Å²) in [5.41, 5.74) is 0.910. The molecule has 0 bridgehead atoms. The zero-order valence-electron chi connectivity index (χ0n) is 14.6. The first-order valence-electron chi connectivity index (χ1n) is 8.72. The molecule has 0 radical (unpaired) electrons. The zero-order valence-corrected chi connectivity index (χ0v) is 15.4. The lowest BCUT2D eigenvalue weighted by Crippen LogP contribution is -2.42. The number of hydrogen-bond donors (Lipinski definition) is 2. The molecular weight excluding hydrogens is 352 g/mol. The number of hydrogen-bond acceptors (Lipinski definition) is 5. The van der Waals surface area contributed by atoms with Gasteiger partial charge in [-0.2, -0.15) is 0 Å². The van der Waals surface area contributed by atoms with E-state index in [9.17, 15) is 14.7 Å². The zero-order chi connectivity index (χ0) is 18.5. The van der Waals surface area contributed by atoms with Gasteiger partial charge in [0, 0.05) is 11.6 Å². The third-order valence-electron chi connectivity index (χ3n) is 4.72. The standard InChI is InChI=1S/C19H22N2O4S/c1-25-13-9-7-12(8-10-13)18-20-11-16(26-18)17(22)21-15-6-4-2-3-5-14(15)19(23)24/h7-11,14-15H,2-6H2,1H3,(H,21,22)(H,23,24)/t14-,15+/m1/s1. The Hall–Kier alpha value is -2.41. The fourth-order valence-corrected chi connectivity index (χ4v) is 4.09. The lowest BCUT2D eigenvalue weighted by atomic mass is 9.95. The van der Waals surface area contributed by atoms with E-state index in [2.05, 4.69) is 10.3 Å². The van der Waals surface area contributed by atoms with Crippen molar-refractivity contribution in [3.8, 4) is 16.3 Å². The summed E-state index contributed by atoms with van der Waals surface area (Å²) in [6, 6.07) is 7.16. The van der Waals surface area contributed by atoms with Crippen molar-refractivity contribution in [1.29, 1.82) is 0 Å². The normalized spacial score (nSPS) is 20.2. The Labute approximate surface area is 156 Å². The number of aliphatic carboxylic acids is 1. The minimum Gasteiger partial charge on any atom is -0.497 e. The van der Waals surface area contributed by atoms with Crippen molar-refractivity contribution < 1.29 is 19.4 Å². The number of nitrogens with one attached hydrogen (secondary N) is 1. The van der Waals surface area contributed by atoms with Crippen molar-refractivity contribution >= 4 is 23.2 Å². The molecule has 0 spiro atoms. The highest BCUT2D eigenvalue weighted by atomic mass is 32.1. The van der Waals surface area contributed by atoms with E-state index in [0.717, 1.165) is 35.6 Å². The molecule has 2 aromatic rings. The first-order valence-corrected chi connectivity index (χ1v) is 9.54. The average Bonchev–Trinajstić information content (AvgIpc) is 3.02. The van der Waals surface area contributed by atoms with Gasteiger partial charge in [0.1, 0.15) is 15.6 Å². The van der Waals surface area contributed by atoms with Crippen LogP contribution in [0, 0.1) is 5.92 Å². The molecule has 1 amide bonds. The Morgan fingerprint density at radius 2 is 1.92 bits per heavy atom. The van der Waals surface area contributed by atoms with Crippen LogP contribution in [0.5, 0.6) is 5.75 Å². The molecule has 138 valence electrons. The van der Waals surface area contributed by atoms with E-state index in [1.807, 2.05) is 24.3 Å².